The highest BCUT2D eigenvalue weighted by molar-refractivity contribution is 7.92. The lowest BCUT2D eigenvalue weighted by atomic mass is 10.1. The molecule has 2 aromatic heterocycles. The van der Waals surface area contributed by atoms with Crippen LogP contribution in [0.15, 0.2) is 102 Å². The zero-order valence-electron chi connectivity index (χ0n) is 19.7. The third-order valence-corrected chi connectivity index (χ3v) is 7.81. The Morgan fingerprint density at radius 1 is 0.750 bits per heavy atom. The van der Waals surface area contributed by atoms with Crippen LogP contribution < -0.4 is 4.72 Å². The van der Waals surface area contributed by atoms with Crippen molar-refractivity contribution in [3.63, 3.8) is 0 Å². The first-order chi connectivity index (χ1) is 17.5. The molecule has 178 valence electrons. The molecule has 0 unspecified atom stereocenters. The summed E-state index contributed by atoms with van der Waals surface area (Å²) in [5.41, 5.74) is 5.34. The average molecular weight is 493 g/mol. The summed E-state index contributed by atoms with van der Waals surface area (Å²) in [4.78, 5) is 9.65. The van der Waals surface area contributed by atoms with Crippen LogP contribution in [-0.4, -0.2) is 23.0 Å². The first-order valence-electron chi connectivity index (χ1n) is 11.9. The lowest BCUT2D eigenvalue weighted by Crippen LogP contribution is -2.16. The third kappa shape index (κ3) is 3.87. The quantitative estimate of drug-likeness (QED) is 0.303. The van der Waals surface area contributed by atoms with Crippen molar-refractivity contribution in [2.45, 2.75) is 24.8 Å². The maximum atomic E-state index is 13.1. The van der Waals surface area contributed by atoms with Gasteiger partial charge >= 0.3 is 0 Å². The number of nitrogens with one attached hydrogen (secondary N) is 1. The molecular formula is C29H24N4O2S. The van der Waals surface area contributed by atoms with E-state index in [1.54, 1.807) is 30.3 Å². The Hall–Kier alpha value is -4.23. The summed E-state index contributed by atoms with van der Waals surface area (Å²) >= 11 is 0. The lowest BCUT2D eigenvalue weighted by molar-refractivity contribution is 0.601. The molecule has 0 saturated carbocycles. The molecule has 6 rings (SSSR count). The van der Waals surface area contributed by atoms with Crippen LogP contribution in [0.2, 0.25) is 0 Å². The fraction of sp³-hybridized carbons (Fsp3) is 0.103. The van der Waals surface area contributed by atoms with Crippen molar-refractivity contribution >= 4 is 48.7 Å². The Labute approximate surface area is 209 Å². The molecular weight excluding hydrogens is 468 g/mol. The molecule has 36 heavy (non-hydrogen) atoms. The van der Waals surface area contributed by atoms with E-state index in [4.69, 9.17) is 4.98 Å². The van der Waals surface area contributed by atoms with Gasteiger partial charge in [0.15, 0.2) is 5.82 Å². The number of fused-ring (bicyclic) bond motifs is 4. The van der Waals surface area contributed by atoms with Gasteiger partial charge in [-0.1, -0.05) is 54.6 Å². The van der Waals surface area contributed by atoms with Crippen LogP contribution in [0.1, 0.15) is 18.2 Å². The smallest absolute Gasteiger partial charge is 0.263 e. The fourth-order valence-corrected chi connectivity index (χ4v) is 5.82. The molecule has 0 aliphatic carbocycles. The highest BCUT2D eigenvalue weighted by Crippen LogP contribution is 2.31. The molecule has 0 aliphatic rings. The van der Waals surface area contributed by atoms with Crippen molar-refractivity contribution < 1.29 is 8.42 Å². The van der Waals surface area contributed by atoms with E-state index in [0.29, 0.717) is 17.6 Å². The molecule has 0 fully saturated rings. The van der Waals surface area contributed by atoms with Crippen molar-refractivity contribution in [1.82, 2.24) is 14.5 Å². The van der Waals surface area contributed by atoms with Gasteiger partial charge in [0.1, 0.15) is 0 Å². The van der Waals surface area contributed by atoms with Gasteiger partial charge in [0.2, 0.25) is 0 Å². The molecule has 0 atom stereocenters. The van der Waals surface area contributed by atoms with Crippen LogP contribution in [-0.2, 0) is 23.0 Å². The number of nitrogens with zero attached hydrogens (tertiary/aromatic N) is 3. The van der Waals surface area contributed by atoms with Gasteiger partial charge in [-0.3, -0.25) is 4.72 Å². The SMILES string of the molecule is CCn1c2ccccc2c2cc(Cc3nc4ccccc4nc3NS(=O)(=O)c3ccccc3)ccc21. The van der Waals surface area contributed by atoms with E-state index >= 15 is 0 Å². The van der Waals surface area contributed by atoms with Crippen LogP contribution in [0.3, 0.4) is 0 Å². The van der Waals surface area contributed by atoms with E-state index in [2.05, 4.69) is 63.7 Å². The number of rotatable bonds is 6. The number of hydrogen-bond donors (Lipinski definition) is 1. The van der Waals surface area contributed by atoms with Gasteiger partial charge in [-0.2, -0.15) is 0 Å². The van der Waals surface area contributed by atoms with E-state index in [-0.39, 0.29) is 10.7 Å². The lowest BCUT2D eigenvalue weighted by Gasteiger charge is -2.13. The molecule has 1 N–H and O–H groups in total. The van der Waals surface area contributed by atoms with Crippen molar-refractivity contribution in [3.8, 4) is 0 Å². The Morgan fingerprint density at radius 2 is 1.42 bits per heavy atom. The topological polar surface area (TPSA) is 76.9 Å². The third-order valence-electron chi connectivity index (χ3n) is 6.45. The van der Waals surface area contributed by atoms with Gasteiger partial charge in [0.05, 0.1) is 21.6 Å². The van der Waals surface area contributed by atoms with E-state index in [0.717, 1.165) is 17.6 Å². The predicted octanol–water partition coefficient (Wildman–Crippen LogP) is 6.15. The van der Waals surface area contributed by atoms with Crippen molar-refractivity contribution in [1.29, 1.82) is 0 Å². The van der Waals surface area contributed by atoms with Crippen molar-refractivity contribution in [2.24, 2.45) is 0 Å². The molecule has 0 bridgehead atoms. The zero-order valence-corrected chi connectivity index (χ0v) is 20.5. The second kappa shape index (κ2) is 8.77. The summed E-state index contributed by atoms with van der Waals surface area (Å²) in [5, 5.41) is 2.37. The van der Waals surface area contributed by atoms with Crippen LogP contribution in [0.25, 0.3) is 32.8 Å². The Balaban J connectivity index is 1.46. The summed E-state index contributed by atoms with van der Waals surface area (Å²) in [6, 6.07) is 30.6. The van der Waals surface area contributed by atoms with E-state index < -0.39 is 10.0 Å². The van der Waals surface area contributed by atoms with E-state index in [1.165, 1.54) is 21.8 Å². The molecule has 2 heterocycles. The summed E-state index contributed by atoms with van der Waals surface area (Å²) in [6.45, 7) is 3.03. The molecule has 6 aromatic rings. The number of aromatic nitrogens is 3. The minimum Gasteiger partial charge on any atom is -0.341 e. The van der Waals surface area contributed by atoms with Gasteiger partial charge < -0.3 is 4.57 Å². The summed E-state index contributed by atoms with van der Waals surface area (Å²) in [5.74, 6) is 0.244. The van der Waals surface area contributed by atoms with Gasteiger partial charge in [-0.15, -0.1) is 0 Å². The van der Waals surface area contributed by atoms with Crippen molar-refractivity contribution in [3.05, 3.63) is 108 Å². The number of para-hydroxylation sites is 3. The van der Waals surface area contributed by atoms with Gasteiger partial charge in [-0.05, 0) is 55.0 Å². The molecule has 0 radical (unpaired) electrons. The van der Waals surface area contributed by atoms with Crippen LogP contribution >= 0.6 is 0 Å². The molecule has 7 heteroatoms. The van der Waals surface area contributed by atoms with Gasteiger partial charge in [-0.25, -0.2) is 18.4 Å². The molecule has 6 nitrogen and oxygen atoms in total. The van der Waals surface area contributed by atoms with Crippen LogP contribution in [0.4, 0.5) is 5.82 Å². The molecule has 0 saturated heterocycles. The maximum absolute atomic E-state index is 13.1. The average Bonchev–Trinajstić information content (AvgIpc) is 3.22. The largest absolute Gasteiger partial charge is 0.341 e. The van der Waals surface area contributed by atoms with Gasteiger partial charge in [0.25, 0.3) is 10.0 Å². The second-order valence-corrected chi connectivity index (χ2v) is 10.4. The summed E-state index contributed by atoms with van der Waals surface area (Å²) in [7, 11) is -3.82. The predicted molar refractivity (Wildman–Crippen MR) is 145 cm³/mol. The minimum absolute atomic E-state index is 0.180. The maximum Gasteiger partial charge on any atom is 0.263 e. The summed E-state index contributed by atoms with van der Waals surface area (Å²) < 4.78 is 31.2. The first kappa shape index (κ1) is 22.2. The molecule has 0 aliphatic heterocycles. The number of anilines is 1. The Bertz CT molecular complexity index is 1840. The second-order valence-electron chi connectivity index (χ2n) is 8.72. The number of sulfonamides is 1. The van der Waals surface area contributed by atoms with E-state index in [1.807, 2.05) is 24.3 Å². The molecule has 0 spiro atoms. The van der Waals surface area contributed by atoms with Crippen LogP contribution in [0.5, 0.6) is 0 Å². The number of aryl methyl sites for hydroxylation is 1. The zero-order chi connectivity index (χ0) is 24.7. The standard InChI is InChI=1S/C29H24N4O2S/c1-2-33-27-15-9-6-12-22(27)23-18-20(16-17-28(23)33)19-26-29(31-25-14-8-7-13-24(25)30-26)32-36(34,35)21-10-4-3-5-11-21/h3-18H,2,19H2,1H3,(H,31,32). The van der Waals surface area contributed by atoms with Gasteiger partial charge in [0, 0.05) is 34.8 Å². The van der Waals surface area contributed by atoms with E-state index in [9.17, 15) is 8.42 Å². The Kier molecular flexibility index (Phi) is 5.42. The summed E-state index contributed by atoms with van der Waals surface area (Å²) in [6.07, 6.45) is 0.437. The highest BCUT2D eigenvalue weighted by atomic mass is 32.2. The number of hydrogen-bond acceptors (Lipinski definition) is 4. The first-order valence-corrected chi connectivity index (χ1v) is 13.4. The number of benzene rings is 4. The monoisotopic (exact) mass is 492 g/mol. The normalized spacial score (nSPS) is 11.9. The fourth-order valence-electron chi connectivity index (χ4n) is 4.77. The minimum atomic E-state index is -3.82. The molecule has 0 amide bonds. The Morgan fingerprint density at radius 3 is 2.19 bits per heavy atom. The van der Waals surface area contributed by atoms with Crippen LogP contribution in [0, 0.1) is 0 Å². The highest BCUT2D eigenvalue weighted by Gasteiger charge is 2.19. The molecule has 4 aromatic carbocycles. The van der Waals surface area contributed by atoms with Crippen molar-refractivity contribution in [2.75, 3.05) is 4.72 Å².